The Morgan fingerprint density at radius 3 is 2.71 bits per heavy atom. The van der Waals surface area contributed by atoms with Gasteiger partial charge in [-0.05, 0) is 37.2 Å². The molecule has 0 saturated carbocycles. The molecule has 2 nitrogen and oxygen atoms in total. The maximum atomic E-state index is 9.11. The van der Waals surface area contributed by atoms with Crippen molar-refractivity contribution in [3.8, 4) is 0 Å². The van der Waals surface area contributed by atoms with E-state index in [1.165, 1.54) is 37.7 Å². The molecule has 0 aromatic heterocycles. The summed E-state index contributed by atoms with van der Waals surface area (Å²) in [5.74, 6) is 0.537. The van der Waals surface area contributed by atoms with E-state index in [9.17, 15) is 0 Å². The second kappa shape index (κ2) is 9.75. The van der Waals surface area contributed by atoms with Gasteiger partial charge in [0.2, 0.25) is 0 Å². The van der Waals surface area contributed by atoms with Crippen molar-refractivity contribution in [1.82, 2.24) is 0 Å². The molecule has 116 valence electrons. The van der Waals surface area contributed by atoms with Crippen molar-refractivity contribution in [3.05, 3.63) is 42.0 Å². The van der Waals surface area contributed by atoms with E-state index in [-0.39, 0.29) is 12.7 Å². The van der Waals surface area contributed by atoms with Crippen LogP contribution < -0.4 is 0 Å². The number of aliphatic hydroxyl groups is 1. The van der Waals surface area contributed by atoms with Crippen LogP contribution in [-0.2, 0) is 4.74 Å². The largest absolute Gasteiger partial charge is 0.396 e. The van der Waals surface area contributed by atoms with Crippen molar-refractivity contribution >= 4 is 6.08 Å². The third-order valence-corrected chi connectivity index (χ3v) is 4.26. The topological polar surface area (TPSA) is 29.5 Å². The molecule has 2 heteroatoms. The lowest BCUT2D eigenvalue weighted by Crippen LogP contribution is -2.22. The summed E-state index contributed by atoms with van der Waals surface area (Å²) in [5, 5.41) is 9.11. The van der Waals surface area contributed by atoms with Gasteiger partial charge in [-0.1, -0.05) is 61.7 Å². The summed E-state index contributed by atoms with van der Waals surface area (Å²) < 4.78 is 6.13. The standard InChI is InChI=1S/C19H28O2/c20-15-8-12-18-11-6-1-2-7-16-21-19(18)14-13-17-9-4-3-5-10-17/h3-5,9-10,13-14,18-20H,1-2,6-8,11-12,15-16H2. The van der Waals surface area contributed by atoms with E-state index in [1.807, 2.05) is 6.07 Å². The fourth-order valence-corrected chi connectivity index (χ4v) is 3.03. The smallest absolute Gasteiger partial charge is 0.0787 e. The van der Waals surface area contributed by atoms with E-state index < -0.39 is 0 Å². The quantitative estimate of drug-likeness (QED) is 0.868. The average molecular weight is 288 g/mol. The van der Waals surface area contributed by atoms with Crippen molar-refractivity contribution < 1.29 is 9.84 Å². The molecule has 2 rings (SSSR count). The van der Waals surface area contributed by atoms with Crippen LogP contribution in [0.15, 0.2) is 36.4 Å². The Bertz CT molecular complexity index is 399. The molecule has 0 aliphatic carbocycles. The summed E-state index contributed by atoms with van der Waals surface area (Å²) in [6.07, 6.45) is 12.8. The van der Waals surface area contributed by atoms with Crippen LogP contribution in [0.3, 0.4) is 0 Å². The molecule has 21 heavy (non-hydrogen) atoms. The minimum absolute atomic E-state index is 0.190. The Morgan fingerprint density at radius 1 is 1.10 bits per heavy atom. The summed E-state index contributed by atoms with van der Waals surface area (Å²) in [6, 6.07) is 10.4. The predicted molar refractivity (Wildman–Crippen MR) is 88.1 cm³/mol. The Morgan fingerprint density at radius 2 is 1.90 bits per heavy atom. The molecule has 0 spiro atoms. The maximum Gasteiger partial charge on any atom is 0.0787 e. The number of benzene rings is 1. The fourth-order valence-electron chi connectivity index (χ4n) is 3.03. The van der Waals surface area contributed by atoms with Crippen LogP contribution in [-0.4, -0.2) is 24.4 Å². The highest BCUT2D eigenvalue weighted by Gasteiger charge is 2.20. The zero-order chi connectivity index (χ0) is 14.8. The number of rotatable bonds is 5. The highest BCUT2D eigenvalue weighted by molar-refractivity contribution is 5.49. The van der Waals surface area contributed by atoms with E-state index >= 15 is 0 Å². The monoisotopic (exact) mass is 288 g/mol. The number of hydrogen-bond acceptors (Lipinski definition) is 2. The van der Waals surface area contributed by atoms with Crippen LogP contribution in [0.5, 0.6) is 0 Å². The van der Waals surface area contributed by atoms with Crippen LogP contribution in [0, 0.1) is 5.92 Å². The zero-order valence-corrected chi connectivity index (χ0v) is 12.9. The van der Waals surface area contributed by atoms with Gasteiger partial charge < -0.3 is 9.84 Å². The van der Waals surface area contributed by atoms with E-state index in [4.69, 9.17) is 9.84 Å². The van der Waals surface area contributed by atoms with Gasteiger partial charge >= 0.3 is 0 Å². The fraction of sp³-hybridized carbons (Fsp3) is 0.579. The van der Waals surface area contributed by atoms with E-state index in [2.05, 4.69) is 36.4 Å². The van der Waals surface area contributed by atoms with Gasteiger partial charge in [-0.15, -0.1) is 0 Å². The molecular formula is C19H28O2. The minimum atomic E-state index is 0.190. The van der Waals surface area contributed by atoms with Gasteiger partial charge in [0.1, 0.15) is 0 Å². The van der Waals surface area contributed by atoms with Crippen LogP contribution >= 0.6 is 0 Å². The number of ether oxygens (including phenoxy) is 1. The second-order valence-electron chi connectivity index (χ2n) is 5.93. The van der Waals surface area contributed by atoms with Gasteiger partial charge in [-0.2, -0.15) is 0 Å². The summed E-state index contributed by atoms with van der Waals surface area (Å²) in [7, 11) is 0. The van der Waals surface area contributed by atoms with Crippen molar-refractivity contribution in [2.75, 3.05) is 13.2 Å². The van der Waals surface area contributed by atoms with Crippen molar-refractivity contribution in [1.29, 1.82) is 0 Å². The van der Waals surface area contributed by atoms with Gasteiger partial charge in [0.05, 0.1) is 6.10 Å². The van der Waals surface area contributed by atoms with Crippen LogP contribution in [0.25, 0.3) is 6.08 Å². The van der Waals surface area contributed by atoms with Crippen LogP contribution in [0.1, 0.15) is 50.5 Å². The van der Waals surface area contributed by atoms with E-state index in [0.717, 1.165) is 19.4 Å². The molecule has 0 bridgehead atoms. The average Bonchev–Trinajstić information content (AvgIpc) is 2.64. The molecule has 1 aromatic rings. The lowest BCUT2D eigenvalue weighted by atomic mass is 9.90. The molecule has 0 radical (unpaired) electrons. The Hall–Kier alpha value is -1.12. The van der Waals surface area contributed by atoms with Crippen LogP contribution in [0.4, 0.5) is 0 Å². The summed E-state index contributed by atoms with van der Waals surface area (Å²) in [5.41, 5.74) is 1.22. The molecule has 1 saturated heterocycles. The highest BCUT2D eigenvalue weighted by Crippen LogP contribution is 2.25. The lowest BCUT2D eigenvalue weighted by molar-refractivity contribution is 0.0390. The predicted octanol–water partition coefficient (Wildman–Crippen LogP) is 4.44. The first-order chi connectivity index (χ1) is 10.4. The van der Waals surface area contributed by atoms with Gasteiger partial charge in [-0.25, -0.2) is 0 Å². The Labute approximate surface area is 128 Å². The molecule has 1 fully saturated rings. The Balaban J connectivity index is 2.02. The van der Waals surface area contributed by atoms with Crippen molar-refractivity contribution in [2.24, 2.45) is 5.92 Å². The van der Waals surface area contributed by atoms with Gasteiger partial charge in [0.15, 0.2) is 0 Å². The lowest BCUT2D eigenvalue weighted by Gasteiger charge is -2.24. The Kier molecular flexibility index (Phi) is 7.55. The van der Waals surface area contributed by atoms with Crippen molar-refractivity contribution in [3.63, 3.8) is 0 Å². The first kappa shape index (κ1) is 16.3. The van der Waals surface area contributed by atoms with Gasteiger partial charge in [-0.3, -0.25) is 0 Å². The number of hydrogen-bond donors (Lipinski definition) is 1. The van der Waals surface area contributed by atoms with Gasteiger partial charge in [0, 0.05) is 13.2 Å². The minimum Gasteiger partial charge on any atom is -0.396 e. The SMILES string of the molecule is OCCCC1CCCCCCOC1C=Cc1ccccc1. The molecular weight excluding hydrogens is 260 g/mol. The molecule has 2 atom stereocenters. The highest BCUT2D eigenvalue weighted by atomic mass is 16.5. The number of aliphatic hydroxyl groups excluding tert-OH is 1. The third kappa shape index (κ3) is 6.03. The van der Waals surface area contributed by atoms with E-state index in [0.29, 0.717) is 5.92 Å². The molecule has 2 unspecified atom stereocenters. The maximum absolute atomic E-state index is 9.11. The molecule has 1 N–H and O–H groups in total. The summed E-state index contributed by atoms with van der Waals surface area (Å²) >= 11 is 0. The molecule has 1 heterocycles. The first-order valence-corrected chi connectivity index (χ1v) is 8.36. The molecule has 0 amide bonds. The summed E-state index contributed by atoms with van der Waals surface area (Å²) in [6.45, 7) is 1.14. The molecule has 1 aromatic carbocycles. The molecule has 1 aliphatic heterocycles. The zero-order valence-electron chi connectivity index (χ0n) is 12.9. The van der Waals surface area contributed by atoms with E-state index in [1.54, 1.807) is 0 Å². The third-order valence-electron chi connectivity index (χ3n) is 4.26. The molecule has 1 aliphatic rings. The van der Waals surface area contributed by atoms with Gasteiger partial charge in [0.25, 0.3) is 0 Å². The normalized spacial score (nSPS) is 24.4. The van der Waals surface area contributed by atoms with Crippen molar-refractivity contribution in [2.45, 2.75) is 51.0 Å². The summed E-state index contributed by atoms with van der Waals surface area (Å²) in [4.78, 5) is 0. The van der Waals surface area contributed by atoms with Crippen LogP contribution in [0.2, 0.25) is 0 Å². The first-order valence-electron chi connectivity index (χ1n) is 8.36. The second-order valence-corrected chi connectivity index (χ2v) is 5.93.